The van der Waals surface area contributed by atoms with Crippen molar-refractivity contribution in [3.05, 3.63) is 21.9 Å². The molecule has 3 N–H and O–H groups in total. The van der Waals surface area contributed by atoms with E-state index in [1.54, 1.807) is 0 Å². The van der Waals surface area contributed by atoms with Gasteiger partial charge in [0.15, 0.2) is 0 Å². The number of rotatable bonds is 1. The van der Waals surface area contributed by atoms with Crippen LogP contribution in [0.15, 0.2) is 6.07 Å². The molecule has 0 bridgehead atoms. The van der Waals surface area contributed by atoms with Crippen LogP contribution in [-0.2, 0) is 0 Å². The zero-order valence-corrected chi connectivity index (χ0v) is 8.83. The fourth-order valence-corrected chi connectivity index (χ4v) is 1.79. The maximum absolute atomic E-state index is 7.26. The van der Waals surface area contributed by atoms with Crippen LogP contribution in [0.25, 0.3) is 0 Å². The summed E-state index contributed by atoms with van der Waals surface area (Å²) in [5.41, 5.74) is 6.24. The second-order valence-corrected chi connectivity index (χ2v) is 3.55. The zero-order chi connectivity index (χ0) is 9.30. The Morgan fingerprint density at radius 3 is 2.58 bits per heavy atom. The quantitative estimate of drug-likeness (QED) is 0.608. The number of hydrogen-bond donors (Lipinski definition) is 2. The first-order chi connectivity index (χ1) is 5.52. The maximum atomic E-state index is 7.26. The molecule has 64 valence electrons. The fraction of sp³-hybridized carbons (Fsp3) is 0. The van der Waals surface area contributed by atoms with Crippen LogP contribution in [0.3, 0.4) is 0 Å². The first-order valence-corrected chi connectivity index (χ1v) is 4.43. The fourth-order valence-electron chi connectivity index (χ4n) is 0.719. The summed E-state index contributed by atoms with van der Waals surface area (Å²) in [5, 5.41) is 7.60. The lowest BCUT2D eigenvalue weighted by molar-refractivity contribution is 1.32. The number of pyridine rings is 1. The van der Waals surface area contributed by atoms with Gasteiger partial charge in [0.05, 0.1) is 5.56 Å². The molecule has 0 aliphatic heterocycles. The Kier molecular flexibility index (Phi) is 2.93. The molecule has 0 saturated heterocycles. The number of halogens is 3. The summed E-state index contributed by atoms with van der Waals surface area (Å²) < 4.78 is 0.0918. The molecule has 1 aromatic rings. The summed E-state index contributed by atoms with van der Waals surface area (Å²) in [6.45, 7) is 0. The second-order valence-electron chi connectivity index (χ2n) is 2.01. The molecule has 0 radical (unpaired) electrons. The molecular formula is C6H4BrCl2N3. The molecule has 0 amide bonds. The van der Waals surface area contributed by atoms with Gasteiger partial charge in [-0.2, -0.15) is 0 Å². The van der Waals surface area contributed by atoms with Crippen LogP contribution in [0.2, 0.25) is 10.3 Å². The Labute approximate surface area is 87.5 Å². The van der Waals surface area contributed by atoms with Gasteiger partial charge in [-0.25, -0.2) is 4.98 Å². The molecule has 6 heteroatoms. The monoisotopic (exact) mass is 267 g/mol. The van der Waals surface area contributed by atoms with Crippen molar-refractivity contribution < 1.29 is 0 Å². The lowest BCUT2D eigenvalue weighted by Crippen LogP contribution is -2.00. The lowest BCUT2D eigenvalue weighted by Gasteiger charge is -2.04. The Balaban J connectivity index is 3.38. The first-order valence-electron chi connectivity index (χ1n) is 2.88. The molecular weight excluding hydrogens is 265 g/mol. The molecule has 12 heavy (non-hydrogen) atoms. The predicted molar refractivity (Wildman–Crippen MR) is 54.4 cm³/mol. The summed E-state index contributed by atoms with van der Waals surface area (Å²) in [6, 6.07) is 1.44. The Morgan fingerprint density at radius 1 is 1.58 bits per heavy atom. The number of hydrogen-bond acceptors (Lipinski definition) is 3. The predicted octanol–water partition coefficient (Wildman–Crippen LogP) is 2.69. The SMILES string of the molecule is N=C(Br)c1c(N)cc(Cl)nc1Cl. The van der Waals surface area contributed by atoms with Gasteiger partial charge in [0, 0.05) is 5.69 Å². The van der Waals surface area contributed by atoms with Gasteiger partial charge in [-0.1, -0.05) is 23.2 Å². The Hall–Kier alpha value is -0.320. The van der Waals surface area contributed by atoms with Crippen LogP contribution in [0, 0.1) is 5.41 Å². The summed E-state index contributed by atoms with van der Waals surface area (Å²) >= 11 is 14.2. The lowest BCUT2D eigenvalue weighted by atomic mass is 10.2. The van der Waals surface area contributed by atoms with E-state index in [0.29, 0.717) is 11.3 Å². The molecule has 0 unspecified atom stereocenters. The molecule has 0 spiro atoms. The molecule has 1 aromatic heterocycles. The molecule has 3 nitrogen and oxygen atoms in total. The van der Waals surface area contributed by atoms with E-state index in [1.165, 1.54) is 6.07 Å². The van der Waals surface area contributed by atoms with Gasteiger partial charge in [-0.15, -0.1) is 0 Å². The maximum Gasteiger partial charge on any atom is 0.142 e. The van der Waals surface area contributed by atoms with Gasteiger partial charge in [-0.3, -0.25) is 5.41 Å². The normalized spacial score (nSPS) is 9.92. The van der Waals surface area contributed by atoms with E-state index in [1.807, 2.05) is 0 Å². The third-order valence-corrected chi connectivity index (χ3v) is 2.06. The minimum Gasteiger partial charge on any atom is -0.398 e. The second kappa shape index (κ2) is 3.60. The third kappa shape index (κ3) is 1.88. The van der Waals surface area contributed by atoms with Crippen LogP contribution < -0.4 is 5.73 Å². The molecule has 0 fully saturated rings. The van der Waals surface area contributed by atoms with E-state index >= 15 is 0 Å². The minimum atomic E-state index is 0.0918. The van der Waals surface area contributed by atoms with E-state index < -0.39 is 0 Å². The number of anilines is 1. The van der Waals surface area contributed by atoms with Crippen molar-refractivity contribution in [2.24, 2.45) is 0 Å². The van der Waals surface area contributed by atoms with Gasteiger partial charge in [0.25, 0.3) is 0 Å². The highest BCUT2D eigenvalue weighted by molar-refractivity contribution is 9.18. The number of nitrogens with zero attached hydrogens (tertiary/aromatic N) is 1. The molecule has 0 aromatic carbocycles. The van der Waals surface area contributed by atoms with Gasteiger partial charge in [-0.05, 0) is 22.0 Å². The molecule has 1 heterocycles. The minimum absolute atomic E-state index is 0.0918. The summed E-state index contributed by atoms with van der Waals surface area (Å²) in [7, 11) is 0. The van der Waals surface area contributed by atoms with Gasteiger partial charge in [0.2, 0.25) is 0 Å². The van der Waals surface area contributed by atoms with Crippen molar-refractivity contribution in [1.82, 2.24) is 4.98 Å². The molecule has 0 atom stereocenters. The van der Waals surface area contributed by atoms with Crippen molar-refractivity contribution in [3.63, 3.8) is 0 Å². The zero-order valence-electron chi connectivity index (χ0n) is 5.74. The Bertz CT molecular complexity index is 317. The summed E-state index contributed by atoms with van der Waals surface area (Å²) in [6.07, 6.45) is 0. The van der Waals surface area contributed by atoms with E-state index in [2.05, 4.69) is 20.9 Å². The van der Waals surface area contributed by atoms with Crippen molar-refractivity contribution in [2.45, 2.75) is 0 Å². The largest absolute Gasteiger partial charge is 0.398 e. The summed E-state index contributed by atoms with van der Waals surface area (Å²) in [4.78, 5) is 3.74. The van der Waals surface area contributed by atoms with Crippen LogP contribution in [0.1, 0.15) is 5.56 Å². The molecule has 0 aliphatic carbocycles. The number of aromatic nitrogens is 1. The van der Waals surface area contributed by atoms with E-state index in [0.717, 1.165) is 0 Å². The number of nitrogen functional groups attached to an aromatic ring is 1. The smallest absolute Gasteiger partial charge is 0.142 e. The van der Waals surface area contributed by atoms with Gasteiger partial charge < -0.3 is 5.73 Å². The third-order valence-electron chi connectivity index (χ3n) is 1.19. The number of nitrogens with one attached hydrogen (secondary N) is 1. The van der Waals surface area contributed by atoms with Crippen molar-refractivity contribution >= 4 is 49.4 Å². The van der Waals surface area contributed by atoms with Crippen LogP contribution in [-0.4, -0.2) is 9.60 Å². The van der Waals surface area contributed by atoms with Crippen LogP contribution in [0.5, 0.6) is 0 Å². The number of nitrogens with two attached hydrogens (primary N) is 1. The molecule has 1 rings (SSSR count). The van der Waals surface area contributed by atoms with Gasteiger partial charge in [0.1, 0.15) is 14.9 Å². The van der Waals surface area contributed by atoms with Crippen molar-refractivity contribution in [1.29, 1.82) is 5.41 Å². The average molecular weight is 269 g/mol. The Morgan fingerprint density at radius 2 is 2.17 bits per heavy atom. The topological polar surface area (TPSA) is 62.8 Å². The molecule has 0 saturated carbocycles. The van der Waals surface area contributed by atoms with Crippen molar-refractivity contribution in [3.8, 4) is 0 Å². The average Bonchev–Trinajstić information content (AvgIpc) is 1.82. The highest BCUT2D eigenvalue weighted by Gasteiger charge is 2.10. The highest BCUT2D eigenvalue weighted by Crippen LogP contribution is 2.25. The van der Waals surface area contributed by atoms with Crippen LogP contribution >= 0.6 is 39.1 Å². The first kappa shape index (κ1) is 9.77. The van der Waals surface area contributed by atoms with E-state index in [9.17, 15) is 0 Å². The van der Waals surface area contributed by atoms with Crippen LogP contribution in [0.4, 0.5) is 5.69 Å². The van der Waals surface area contributed by atoms with Crippen molar-refractivity contribution in [2.75, 3.05) is 5.73 Å². The van der Waals surface area contributed by atoms with E-state index in [4.69, 9.17) is 34.3 Å². The van der Waals surface area contributed by atoms with E-state index in [-0.39, 0.29) is 14.9 Å². The standard InChI is InChI=1S/C6H4BrCl2N3/c7-5(11)4-2(10)1-3(8)12-6(4)9/h1,11H,(H2,10,12). The highest BCUT2D eigenvalue weighted by atomic mass is 79.9. The summed E-state index contributed by atoms with van der Waals surface area (Å²) in [5.74, 6) is 0. The molecule has 0 aliphatic rings. The van der Waals surface area contributed by atoms with Gasteiger partial charge >= 0.3 is 0 Å².